The summed E-state index contributed by atoms with van der Waals surface area (Å²) < 4.78 is 26.5. The number of carbonyl (C=O) groups is 3. The highest BCUT2D eigenvalue weighted by Gasteiger charge is 2.37. The molecule has 6 rings (SSSR count). The fourth-order valence-corrected chi connectivity index (χ4v) is 4.76. The third kappa shape index (κ3) is 6.80. The van der Waals surface area contributed by atoms with Crippen molar-refractivity contribution < 1.29 is 28.2 Å². The molecule has 3 aliphatic rings. The Morgan fingerprint density at radius 1 is 0.846 bits per heavy atom. The van der Waals surface area contributed by atoms with E-state index in [0.717, 1.165) is 11.1 Å². The average Bonchev–Trinajstić information content (AvgIpc) is 3.33. The zero-order chi connectivity index (χ0) is 27.2. The molecule has 0 aromatic heterocycles. The van der Waals surface area contributed by atoms with Crippen molar-refractivity contribution in [3.63, 3.8) is 0 Å². The molecule has 3 heterocycles. The van der Waals surface area contributed by atoms with Gasteiger partial charge in [-0.2, -0.15) is 0 Å². The van der Waals surface area contributed by atoms with E-state index in [4.69, 9.17) is 9.47 Å². The summed E-state index contributed by atoms with van der Waals surface area (Å²) in [6.07, 6.45) is 0.447. The maximum atomic E-state index is 14.3. The highest BCUT2D eigenvalue weighted by Crippen LogP contribution is 2.25. The van der Waals surface area contributed by atoms with Gasteiger partial charge in [-0.25, -0.2) is 4.39 Å². The number of nitrogens with one attached hydrogen (secondary N) is 2. The number of carbonyl (C=O) groups excluding carboxylic acids is 3. The van der Waals surface area contributed by atoms with Crippen molar-refractivity contribution in [2.45, 2.75) is 38.0 Å². The van der Waals surface area contributed by atoms with Crippen LogP contribution in [0.3, 0.4) is 0 Å². The fraction of sp³-hybridized carbons (Fsp3) is 0.300. The van der Waals surface area contributed by atoms with E-state index in [1.165, 1.54) is 23.1 Å². The molecule has 0 unspecified atom stereocenters. The van der Waals surface area contributed by atoms with Crippen molar-refractivity contribution >= 4 is 17.7 Å². The minimum absolute atomic E-state index is 0.0268. The lowest BCUT2D eigenvalue weighted by atomic mass is 10.1. The van der Waals surface area contributed by atoms with Crippen molar-refractivity contribution in [2.24, 2.45) is 0 Å². The van der Waals surface area contributed by atoms with E-state index >= 15 is 0 Å². The molecule has 0 aliphatic carbocycles. The van der Waals surface area contributed by atoms with Gasteiger partial charge in [-0.3, -0.25) is 14.4 Å². The summed E-state index contributed by atoms with van der Waals surface area (Å²) in [7, 11) is 0. The number of hydrogen-bond donors (Lipinski definition) is 2. The first-order chi connectivity index (χ1) is 18.9. The monoisotopic (exact) mass is 531 g/mol. The number of fused-ring (bicyclic) bond motifs is 10. The van der Waals surface area contributed by atoms with Crippen molar-refractivity contribution in [2.75, 3.05) is 19.6 Å². The number of halogens is 1. The zero-order valence-corrected chi connectivity index (χ0v) is 21.4. The Bertz CT molecular complexity index is 1350. The Morgan fingerprint density at radius 3 is 2.49 bits per heavy atom. The second-order valence-electron chi connectivity index (χ2n) is 9.71. The Kier molecular flexibility index (Phi) is 8.17. The summed E-state index contributed by atoms with van der Waals surface area (Å²) in [5.41, 5.74) is 1.85. The Balaban J connectivity index is 1.35. The molecule has 1 saturated heterocycles. The lowest BCUT2D eigenvalue weighted by Gasteiger charge is -2.20. The number of likely N-dealkylation sites (tertiary alicyclic amines) is 1. The standard InChI is InChI=1S/C30H30FN3O5/c31-25-7-2-1-6-24(25)30(37)34-17-26-27(18-34)38-19-21-4-3-5-23(16-21)39-22-11-8-20(9-12-22)10-13-28(35)32-15-14-29(36)33-26/h1-9,11-12,16,26-27H,10,13-15,17-19H2,(H,32,35)(H,33,36)/t26-,27-/m0/s1. The lowest BCUT2D eigenvalue weighted by Crippen LogP contribution is -2.45. The van der Waals surface area contributed by atoms with Crippen molar-refractivity contribution in [3.05, 3.63) is 95.3 Å². The van der Waals surface area contributed by atoms with Crippen LogP contribution in [0.1, 0.15) is 34.3 Å². The first-order valence-electron chi connectivity index (χ1n) is 13.0. The summed E-state index contributed by atoms with van der Waals surface area (Å²) in [5.74, 6) is -0.148. The number of amides is 3. The molecule has 2 atom stereocenters. The summed E-state index contributed by atoms with van der Waals surface area (Å²) in [6.45, 7) is 0.789. The molecular formula is C30H30FN3O5. The number of hydrogen-bond acceptors (Lipinski definition) is 5. The number of benzene rings is 3. The molecule has 3 amide bonds. The van der Waals surface area contributed by atoms with E-state index in [9.17, 15) is 18.8 Å². The number of ether oxygens (including phenoxy) is 2. The largest absolute Gasteiger partial charge is 0.457 e. The molecule has 202 valence electrons. The number of nitrogens with zero attached hydrogens (tertiary/aromatic N) is 1. The van der Waals surface area contributed by atoms with Crippen LogP contribution < -0.4 is 15.4 Å². The molecule has 3 aliphatic heterocycles. The second kappa shape index (κ2) is 12.1. The van der Waals surface area contributed by atoms with Crippen molar-refractivity contribution in [1.82, 2.24) is 15.5 Å². The predicted molar refractivity (Wildman–Crippen MR) is 142 cm³/mol. The molecule has 3 aromatic rings. The molecule has 1 fully saturated rings. The molecule has 39 heavy (non-hydrogen) atoms. The van der Waals surface area contributed by atoms with E-state index in [1.807, 2.05) is 48.5 Å². The van der Waals surface area contributed by atoms with Crippen LogP contribution in [0.5, 0.6) is 11.5 Å². The first-order valence-corrected chi connectivity index (χ1v) is 13.0. The summed E-state index contributed by atoms with van der Waals surface area (Å²) >= 11 is 0. The Labute approximate surface area is 226 Å². The van der Waals surface area contributed by atoms with Gasteiger partial charge in [0.1, 0.15) is 17.3 Å². The smallest absolute Gasteiger partial charge is 0.256 e. The molecule has 0 radical (unpaired) electrons. The summed E-state index contributed by atoms with van der Waals surface area (Å²) in [4.78, 5) is 39.6. The Hall–Kier alpha value is -4.24. The quantitative estimate of drug-likeness (QED) is 0.500. The number of rotatable bonds is 1. The van der Waals surface area contributed by atoms with E-state index in [0.29, 0.717) is 24.3 Å². The predicted octanol–water partition coefficient (Wildman–Crippen LogP) is 3.60. The highest BCUT2D eigenvalue weighted by atomic mass is 19.1. The van der Waals surface area contributed by atoms with Crippen LogP contribution in [0, 0.1) is 5.82 Å². The molecule has 0 saturated carbocycles. The van der Waals surface area contributed by atoms with Crippen molar-refractivity contribution in [3.8, 4) is 11.5 Å². The van der Waals surface area contributed by atoms with Crippen LogP contribution in [0.4, 0.5) is 4.39 Å². The molecule has 4 bridgehead atoms. The van der Waals surface area contributed by atoms with Gasteiger partial charge in [0.05, 0.1) is 24.3 Å². The van der Waals surface area contributed by atoms with Gasteiger partial charge in [0.2, 0.25) is 11.8 Å². The fourth-order valence-electron chi connectivity index (χ4n) is 4.76. The SMILES string of the molecule is O=C1CCc2ccc(cc2)Oc2cccc(c2)CO[C@H]2CN(C(=O)c3ccccc3F)C[C@@H]2NC(=O)CCN1. The van der Waals surface area contributed by atoms with Crippen LogP contribution in [0.25, 0.3) is 0 Å². The van der Waals surface area contributed by atoms with Crippen LogP contribution in [0.2, 0.25) is 0 Å². The minimum Gasteiger partial charge on any atom is -0.457 e. The third-order valence-corrected chi connectivity index (χ3v) is 6.84. The zero-order valence-electron chi connectivity index (χ0n) is 21.4. The van der Waals surface area contributed by atoms with Crippen LogP contribution >= 0.6 is 0 Å². The molecule has 3 aromatic carbocycles. The highest BCUT2D eigenvalue weighted by molar-refractivity contribution is 5.94. The van der Waals surface area contributed by atoms with E-state index in [-0.39, 0.29) is 50.0 Å². The maximum Gasteiger partial charge on any atom is 0.256 e. The van der Waals surface area contributed by atoms with E-state index < -0.39 is 23.9 Å². The molecule has 0 spiro atoms. The van der Waals surface area contributed by atoms with Gasteiger partial charge in [-0.1, -0.05) is 36.4 Å². The van der Waals surface area contributed by atoms with Crippen molar-refractivity contribution in [1.29, 1.82) is 0 Å². The van der Waals surface area contributed by atoms with Gasteiger partial charge in [-0.15, -0.1) is 0 Å². The van der Waals surface area contributed by atoms with Crippen LogP contribution in [-0.4, -0.2) is 54.4 Å². The first kappa shape index (κ1) is 26.4. The molecular weight excluding hydrogens is 501 g/mol. The molecule has 2 N–H and O–H groups in total. The third-order valence-electron chi connectivity index (χ3n) is 6.84. The lowest BCUT2D eigenvalue weighted by molar-refractivity contribution is -0.123. The maximum absolute atomic E-state index is 14.3. The second-order valence-corrected chi connectivity index (χ2v) is 9.71. The summed E-state index contributed by atoms with van der Waals surface area (Å²) in [6, 6.07) is 20.4. The molecule has 9 heteroatoms. The molecule has 8 nitrogen and oxygen atoms in total. The van der Waals surface area contributed by atoms with Gasteiger partial charge in [0, 0.05) is 32.5 Å². The normalized spacial score (nSPS) is 20.4. The van der Waals surface area contributed by atoms with Gasteiger partial charge in [0.15, 0.2) is 0 Å². The summed E-state index contributed by atoms with van der Waals surface area (Å²) in [5, 5.41) is 5.73. The topological polar surface area (TPSA) is 97.0 Å². The van der Waals surface area contributed by atoms with Crippen LogP contribution in [-0.2, 0) is 27.4 Å². The number of aryl methyl sites for hydroxylation is 1. The minimum atomic E-state index is -0.599. The Morgan fingerprint density at radius 2 is 1.67 bits per heavy atom. The van der Waals surface area contributed by atoms with Gasteiger partial charge >= 0.3 is 0 Å². The van der Waals surface area contributed by atoms with Gasteiger partial charge < -0.3 is 25.0 Å². The average molecular weight is 532 g/mol. The van der Waals surface area contributed by atoms with Gasteiger partial charge in [0.25, 0.3) is 5.91 Å². The van der Waals surface area contributed by atoms with Crippen LogP contribution in [0.15, 0.2) is 72.8 Å². The van der Waals surface area contributed by atoms with E-state index in [2.05, 4.69) is 10.6 Å². The van der Waals surface area contributed by atoms with E-state index in [1.54, 1.807) is 6.07 Å². The van der Waals surface area contributed by atoms with Gasteiger partial charge in [-0.05, 0) is 53.9 Å².